The minimum atomic E-state index is -0.320. The highest BCUT2D eigenvalue weighted by atomic mass is 16.5. The Morgan fingerprint density at radius 1 is 1.39 bits per heavy atom. The number of nitrogens with two attached hydrogens (primary N) is 1. The maximum absolute atomic E-state index is 6.16. The van der Waals surface area contributed by atoms with E-state index in [0.29, 0.717) is 12.4 Å². The van der Waals surface area contributed by atoms with Crippen LogP contribution in [0.15, 0.2) is 30.7 Å². The zero-order valence-corrected chi connectivity index (χ0v) is 10.5. The summed E-state index contributed by atoms with van der Waals surface area (Å²) in [4.78, 5) is 12.5. The molecule has 1 atom stereocenters. The Morgan fingerprint density at radius 3 is 2.94 bits per heavy atom. The number of hydrogen-bond donors (Lipinski definition) is 1. The molecule has 2 N–H and O–H groups in total. The summed E-state index contributed by atoms with van der Waals surface area (Å²) in [5, 5.41) is 0. The molecule has 0 aliphatic carbocycles. The van der Waals surface area contributed by atoms with Gasteiger partial charge in [0.15, 0.2) is 0 Å². The van der Waals surface area contributed by atoms with Gasteiger partial charge in [-0.1, -0.05) is 0 Å². The second-order valence-electron chi connectivity index (χ2n) is 3.89. The highest BCUT2D eigenvalue weighted by Gasteiger charge is 2.12. The Labute approximate surface area is 106 Å². The lowest BCUT2D eigenvalue weighted by atomic mass is 10.1. The predicted molar refractivity (Wildman–Crippen MR) is 68.2 cm³/mol. The van der Waals surface area contributed by atoms with Crippen molar-refractivity contribution in [1.29, 1.82) is 0 Å². The van der Waals surface area contributed by atoms with Crippen LogP contribution in [-0.2, 0) is 0 Å². The fraction of sp³-hybridized carbons (Fsp3) is 0.308. The lowest BCUT2D eigenvalue weighted by Gasteiger charge is -2.12. The lowest BCUT2D eigenvalue weighted by molar-refractivity contribution is 0.338. The van der Waals surface area contributed by atoms with E-state index in [9.17, 15) is 0 Å². The van der Waals surface area contributed by atoms with Gasteiger partial charge >= 0.3 is 0 Å². The minimum Gasteiger partial charge on any atom is -0.492 e. The van der Waals surface area contributed by atoms with Gasteiger partial charge in [0.05, 0.1) is 24.5 Å². The molecule has 0 aromatic carbocycles. The van der Waals surface area contributed by atoms with Gasteiger partial charge in [-0.3, -0.25) is 4.98 Å². The average molecular weight is 244 g/mol. The molecule has 0 spiro atoms. The Bertz CT molecular complexity index is 530. The summed E-state index contributed by atoms with van der Waals surface area (Å²) in [5.74, 6) is 1.42. The van der Waals surface area contributed by atoms with Gasteiger partial charge in [0.2, 0.25) is 0 Å². The zero-order chi connectivity index (χ0) is 13.0. The van der Waals surface area contributed by atoms with E-state index in [2.05, 4.69) is 15.0 Å². The largest absolute Gasteiger partial charge is 0.492 e. The van der Waals surface area contributed by atoms with E-state index in [0.717, 1.165) is 17.0 Å². The summed E-state index contributed by atoms with van der Waals surface area (Å²) in [5.41, 5.74) is 7.81. The topological polar surface area (TPSA) is 73.9 Å². The van der Waals surface area contributed by atoms with E-state index in [-0.39, 0.29) is 6.04 Å². The molecule has 0 aliphatic heterocycles. The van der Waals surface area contributed by atoms with Gasteiger partial charge in [0, 0.05) is 12.4 Å². The fourth-order valence-electron chi connectivity index (χ4n) is 1.67. The first kappa shape index (κ1) is 12.4. The molecule has 0 bridgehead atoms. The van der Waals surface area contributed by atoms with Crippen molar-refractivity contribution < 1.29 is 4.74 Å². The molecule has 2 rings (SSSR count). The van der Waals surface area contributed by atoms with Crippen molar-refractivity contribution in [2.24, 2.45) is 5.73 Å². The van der Waals surface area contributed by atoms with E-state index in [1.807, 2.05) is 26.0 Å². The zero-order valence-electron chi connectivity index (χ0n) is 10.5. The number of aryl methyl sites for hydroxylation is 1. The highest BCUT2D eigenvalue weighted by molar-refractivity contribution is 5.30. The van der Waals surface area contributed by atoms with E-state index < -0.39 is 0 Å². The average Bonchev–Trinajstić information content (AvgIpc) is 2.39. The molecular formula is C13H16N4O. The van der Waals surface area contributed by atoms with Crippen molar-refractivity contribution in [3.8, 4) is 5.75 Å². The van der Waals surface area contributed by atoms with Crippen molar-refractivity contribution in [2.75, 3.05) is 6.61 Å². The van der Waals surface area contributed by atoms with Crippen LogP contribution in [0.4, 0.5) is 0 Å². The molecule has 2 aromatic heterocycles. The first-order valence-electron chi connectivity index (χ1n) is 5.83. The molecule has 2 heterocycles. The summed E-state index contributed by atoms with van der Waals surface area (Å²) >= 11 is 0. The van der Waals surface area contributed by atoms with Gasteiger partial charge in [-0.25, -0.2) is 9.97 Å². The van der Waals surface area contributed by atoms with Gasteiger partial charge in [-0.15, -0.1) is 0 Å². The van der Waals surface area contributed by atoms with Crippen LogP contribution in [0, 0.1) is 6.92 Å². The van der Waals surface area contributed by atoms with Crippen LogP contribution in [-0.4, -0.2) is 21.6 Å². The van der Waals surface area contributed by atoms with E-state index in [1.165, 1.54) is 0 Å². The Morgan fingerprint density at radius 2 is 2.22 bits per heavy atom. The molecule has 0 amide bonds. The lowest BCUT2D eigenvalue weighted by Crippen LogP contribution is -2.14. The molecule has 5 heteroatoms. The monoisotopic (exact) mass is 244 g/mol. The van der Waals surface area contributed by atoms with E-state index in [4.69, 9.17) is 10.5 Å². The molecule has 1 unspecified atom stereocenters. The van der Waals surface area contributed by atoms with Gasteiger partial charge in [0.25, 0.3) is 0 Å². The molecule has 18 heavy (non-hydrogen) atoms. The summed E-state index contributed by atoms with van der Waals surface area (Å²) in [7, 11) is 0. The molecule has 0 aliphatic rings. The second-order valence-corrected chi connectivity index (χ2v) is 3.89. The predicted octanol–water partition coefficient (Wildman–Crippen LogP) is 1.63. The number of nitrogens with zero attached hydrogens (tertiary/aromatic N) is 3. The smallest absolute Gasteiger partial charge is 0.137 e. The van der Waals surface area contributed by atoms with Crippen LogP contribution in [0.25, 0.3) is 0 Å². The summed E-state index contributed by atoms with van der Waals surface area (Å²) in [6, 6.07) is 3.38. The molecule has 94 valence electrons. The number of hydrogen-bond acceptors (Lipinski definition) is 5. The first-order valence-corrected chi connectivity index (χ1v) is 5.83. The van der Waals surface area contributed by atoms with Crippen LogP contribution < -0.4 is 10.5 Å². The van der Waals surface area contributed by atoms with E-state index in [1.54, 1.807) is 18.6 Å². The van der Waals surface area contributed by atoms with Crippen molar-refractivity contribution in [3.63, 3.8) is 0 Å². The van der Waals surface area contributed by atoms with Gasteiger partial charge < -0.3 is 10.5 Å². The normalized spacial score (nSPS) is 12.2. The van der Waals surface area contributed by atoms with Crippen molar-refractivity contribution in [2.45, 2.75) is 19.9 Å². The highest BCUT2D eigenvalue weighted by Crippen LogP contribution is 2.20. The summed E-state index contributed by atoms with van der Waals surface area (Å²) in [6.07, 6.45) is 5.10. The van der Waals surface area contributed by atoms with Crippen LogP contribution in [0.1, 0.15) is 30.0 Å². The molecule has 0 radical (unpaired) electrons. The van der Waals surface area contributed by atoms with Crippen molar-refractivity contribution in [1.82, 2.24) is 15.0 Å². The van der Waals surface area contributed by atoms with Crippen molar-refractivity contribution >= 4 is 0 Å². The van der Waals surface area contributed by atoms with Crippen LogP contribution in [0.3, 0.4) is 0 Å². The second kappa shape index (κ2) is 5.55. The molecular weight excluding hydrogens is 228 g/mol. The SMILES string of the molecule is CCOc1cncc(C(N)c2ccnc(C)n2)c1. The molecule has 0 fully saturated rings. The maximum Gasteiger partial charge on any atom is 0.137 e. The number of rotatable bonds is 4. The maximum atomic E-state index is 6.16. The van der Waals surface area contributed by atoms with Crippen LogP contribution >= 0.6 is 0 Å². The molecule has 5 nitrogen and oxygen atoms in total. The molecule has 0 saturated heterocycles. The Kier molecular flexibility index (Phi) is 3.84. The molecule has 2 aromatic rings. The number of aromatic nitrogens is 3. The van der Waals surface area contributed by atoms with Crippen molar-refractivity contribution in [3.05, 3.63) is 47.8 Å². The third kappa shape index (κ3) is 2.81. The van der Waals surface area contributed by atoms with Crippen LogP contribution in [0.5, 0.6) is 5.75 Å². The first-order chi connectivity index (χ1) is 8.70. The van der Waals surface area contributed by atoms with Gasteiger partial charge in [0.1, 0.15) is 11.6 Å². The third-order valence-electron chi connectivity index (χ3n) is 2.52. The third-order valence-corrected chi connectivity index (χ3v) is 2.52. The quantitative estimate of drug-likeness (QED) is 0.884. The standard InChI is InChI=1S/C13H16N4O/c1-3-18-11-6-10(7-15-8-11)13(14)12-4-5-16-9(2)17-12/h4-8,13H,3,14H2,1-2H3. The Balaban J connectivity index is 2.27. The Hall–Kier alpha value is -2.01. The fourth-order valence-corrected chi connectivity index (χ4v) is 1.67. The number of pyridine rings is 1. The summed E-state index contributed by atoms with van der Waals surface area (Å²) < 4.78 is 5.41. The summed E-state index contributed by atoms with van der Waals surface area (Å²) in [6.45, 7) is 4.37. The number of ether oxygens (including phenoxy) is 1. The molecule has 0 saturated carbocycles. The minimum absolute atomic E-state index is 0.320. The van der Waals surface area contributed by atoms with Crippen LogP contribution in [0.2, 0.25) is 0 Å². The van der Waals surface area contributed by atoms with E-state index >= 15 is 0 Å². The van der Waals surface area contributed by atoms with Gasteiger partial charge in [-0.05, 0) is 31.5 Å². The van der Waals surface area contributed by atoms with Gasteiger partial charge in [-0.2, -0.15) is 0 Å².